The Morgan fingerprint density at radius 3 is 2.41 bits per heavy atom. The zero-order valence-corrected chi connectivity index (χ0v) is 13.8. The van der Waals surface area contributed by atoms with Crippen LogP contribution in [0.25, 0.3) is 0 Å². The van der Waals surface area contributed by atoms with Crippen LogP contribution in [0.1, 0.15) is 36.8 Å². The van der Waals surface area contributed by atoms with Crippen molar-refractivity contribution in [3.63, 3.8) is 0 Å². The number of carbonyl (C=O) groups excluding carboxylic acids is 1. The minimum absolute atomic E-state index is 0.0398. The minimum Gasteiger partial charge on any atom is -0.321 e. The number of carbonyl (C=O) groups is 1. The maximum Gasteiger partial charge on any atom is 0.321 e. The van der Waals surface area contributed by atoms with Gasteiger partial charge in [0.1, 0.15) is 0 Å². The lowest BCUT2D eigenvalue weighted by molar-refractivity contribution is 0.0638. The summed E-state index contributed by atoms with van der Waals surface area (Å²) in [6.45, 7) is 8.26. The second-order valence-electron chi connectivity index (χ2n) is 6.76. The van der Waals surface area contributed by atoms with E-state index in [1.165, 1.54) is 44.3 Å². The summed E-state index contributed by atoms with van der Waals surface area (Å²) in [7, 11) is 0. The van der Waals surface area contributed by atoms with Crippen LogP contribution in [0.2, 0.25) is 0 Å². The molecule has 2 amide bonds. The molecule has 0 saturated carbocycles. The molecule has 2 heterocycles. The molecule has 2 aliphatic rings. The Hall–Kier alpha value is -1.55. The SMILES string of the molecule is Cc1ccc(NC(=O)N2CC(N3CCCCCC3)C2)c(C)c1. The quantitative estimate of drug-likeness (QED) is 0.909. The molecule has 1 aromatic carbocycles. The number of urea groups is 1. The monoisotopic (exact) mass is 301 g/mol. The lowest BCUT2D eigenvalue weighted by atomic mass is 10.1. The molecular weight excluding hydrogens is 274 g/mol. The zero-order valence-electron chi connectivity index (χ0n) is 13.8. The molecule has 2 fully saturated rings. The van der Waals surface area contributed by atoms with Crippen LogP contribution in [0.3, 0.4) is 0 Å². The largest absolute Gasteiger partial charge is 0.321 e. The summed E-state index contributed by atoms with van der Waals surface area (Å²) >= 11 is 0. The van der Waals surface area contributed by atoms with Crippen molar-refractivity contribution < 1.29 is 4.79 Å². The van der Waals surface area contributed by atoms with Gasteiger partial charge in [-0.25, -0.2) is 4.79 Å². The first-order chi connectivity index (χ1) is 10.6. The van der Waals surface area contributed by atoms with Crippen molar-refractivity contribution in [3.05, 3.63) is 29.3 Å². The maximum absolute atomic E-state index is 12.3. The van der Waals surface area contributed by atoms with E-state index in [4.69, 9.17) is 0 Å². The molecule has 0 bridgehead atoms. The van der Waals surface area contributed by atoms with E-state index >= 15 is 0 Å². The Labute approximate surface area is 133 Å². The molecule has 0 unspecified atom stereocenters. The summed E-state index contributed by atoms with van der Waals surface area (Å²) in [5.74, 6) is 0. The van der Waals surface area contributed by atoms with Gasteiger partial charge >= 0.3 is 6.03 Å². The number of benzene rings is 1. The van der Waals surface area contributed by atoms with Crippen molar-refractivity contribution in [3.8, 4) is 0 Å². The molecule has 0 aliphatic carbocycles. The molecule has 4 heteroatoms. The summed E-state index contributed by atoms with van der Waals surface area (Å²) in [4.78, 5) is 16.8. The van der Waals surface area contributed by atoms with E-state index in [9.17, 15) is 4.79 Å². The van der Waals surface area contributed by atoms with Crippen LogP contribution in [-0.2, 0) is 0 Å². The maximum atomic E-state index is 12.3. The van der Waals surface area contributed by atoms with Gasteiger partial charge in [-0.2, -0.15) is 0 Å². The van der Waals surface area contributed by atoms with Crippen LogP contribution in [0.4, 0.5) is 10.5 Å². The normalized spacial score (nSPS) is 20.4. The van der Waals surface area contributed by atoms with E-state index in [2.05, 4.69) is 23.2 Å². The second-order valence-corrected chi connectivity index (χ2v) is 6.76. The molecule has 0 radical (unpaired) electrons. The Balaban J connectivity index is 1.50. The first-order valence-electron chi connectivity index (χ1n) is 8.51. The molecule has 0 aromatic heterocycles. The first-order valence-corrected chi connectivity index (χ1v) is 8.51. The number of amides is 2. The lowest BCUT2D eigenvalue weighted by Gasteiger charge is -2.45. The molecule has 0 atom stereocenters. The van der Waals surface area contributed by atoms with Gasteiger partial charge in [0, 0.05) is 24.8 Å². The van der Waals surface area contributed by atoms with Crippen molar-refractivity contribution >= 4 is 11.7 Å². The highest BCUT2D eigenvalue weighted by Gasteiger charge is 2.34. The van der Waals surface area contributed by atoms with E-state index in [-0.39, 0.29) is 6.03 Å². The summed E-state index contributed by atoms with van der Waals surface area (Å²) in [6.07, 6.45) is 5.34. The number of rotatable bonds is 2. The zero-order chi connectivity index (χ0) is 15.5. The van der Waals surface area contributed by atoms with E-state index in [0.717, 1.165) is 24.3 Å². The van der Waals surface area contributed by atoms with Crippen LogP contribution < -0.4 is 5.32 Å². The topological polar surface area (TPSA) is 35.6 Å². The van der Waals surface area contributed by atoms with E-state index in [1.807, 2.05) is 24.0 Å². The fourth-order valence-electron chi connectivity index (χ4n) is 3.46. The second kappa shape index (κ2) is 6.69. The number of anilines is 1. The van der Waals surface area contributed by atoms with E-state index in [1.54, 1.807) is 0 Å². The fraction of sp³-hybridized carbons (Fsp3) is 0.611. The lowest BCUT2D eigenvalue weighted by Crippen LogP contribution is -2.62. The molecule has 22 heavy (non-hydrogen) atoms. The van der Waals surface area contributed by atoms with Crippen LogP contribution in [-0.4, -0.2) is 48.1 Å². The summed E-state index contributed by atoms with van der Waals surface area (Å²) in [6, 6.07) is 6.75. The van der Waals surface area contributed by atoms with E-state index in [0.29, 0.717) is 6.04 Å². The molecule has 1 aromatic rings. The van der Waals surface area contributed by atoms with Crippen molar-refractivity contribution in [2.24, 2.45) is 0 Å². The van der Waals surface area contributed by atoms with Gasteiger partial charge in [-0.05, 0) is 51.4 Å². The highest BCUT2D eigenvalue weighted by molar-refractivity contribution is 5.90. The van der Waals surface area contributed by atoms with Gasteiger partial charge in [0.15, 0.2) is 0 Å². The third-order valence-electron chi connectivity index (χ3n) is 4.93. The van der Waals surface area contributed by atoms with Crippen LogP contribution in [0.5, 0.6) is 0 Å². The predicted octanol–water partition coefficient (Wildman–Crippen LogP) is 3.40. The Morgan fingerprint density at radius 1 is 1.09 bits per heavy atom. The highest BCUT2D eigenvalue weighted by atomic mass is 16.2. The molecular formula is C18H27N3O. The number of nitrogens with zero attached hydrogens (tertiary/aromatic N) is 2. The summed E-state index contributed by atoms with van der Waals surface area (Å²) in [5, 5.41) is 3.04. The average Bonchev–Trinajstić information content (AvgIpc) is 2.69. The van der Waals surface area contributed by atoms with Crippen LogP contribution in [0, 0.1) is 13.8 Å². The number of hydrogen-bond acceptors (Lipinski definition) is 2. The van der Waals surface area contributed by atoms with Gasteiger partial charge in [-0.1, -0.05) is 30.5 Å². The third kappa shape index (κ3) is 3.43. The Kier molecular flexibility index (Phi) is 4.67. The Bertz CT molecular complexity index is 529. The number of aryl methyl sites for hydroxylation is 2. The molecule has 2 saturated heterocycles. The van der Waals surface area contributed by atoms with Crippen molar-refractivity contribution in [1.82, 2.24) is 9.80 Å². The van der Waals surface area contributed by atoms with Crippen LogP contribution >= 0.6 is 0 Å². The summed E-state index contributed by atoms with van der Waals surface area (Å²) in [5.41, 5.74) is 3.27. The average molecular weight is 301 g/mol. The molecule has 4 nitrogen and oxygen atoms in total. The van der Waals surface area contributed by atoms with Gasteiger partial charge in [0.05, 0.1) is 0 Å². The molecule has 2 aliphatic heterocycles. The fourth-order valence-corrected chi connectivity index (χ4v) is 3.46. The number of nitrogens with one attached hydrogen (secondary N) is 1. The van der Waals surface area contributed by atoms with Gasteiger partial charge < -0.3 is 10.2 Å². The van der Waals surface area contributed by atoms with Crippen molar-refractivity contribution in [2.75, 3.05) is 31.5 Å². The molecule has 3 rings (SSSR count). The molecule has 0 spiro atoms. The van der Waals surface area contributed by atoms with Gasteiger partial charge in [0.25, 0.3) is 0 Å². The first kappa shape index (κ1) is 15.3. The standard InChI is InChI=1S/C18H27N3O/c1-14-7-8-17(15(2)11-14)19-18(22)21-12-16(13-21)20-9-5-3-4-6-10-20/h7-8,11,16H,3-6,9-10,12-13H2,1-2H3,(H,19,22). The molecule has 120 valence electrons. The highest BCUT2D eigenvalue weighted by Crippen LogP contribution is 2.22. The van der Waals surface area contributed by atoms with E-state index < -0.39 is 0 Å². The van der Waals surface area contributed by atoms with Gasteiger partial charge in [-0.15, -0.1) is 0 Å². The number of hydrogen-bond donors (Lipinski definition) is 1. The molecule has 1 N–H and O–H groups in total. The van der Waals surface area contributed by atoms with Gasteiger partial charge in [-0.3, -0.25) is 4.90 Å². The summed E-state index contributed by atoms with van der Waals surface area (Å²) < 4.78 is 0. The van der Waals surface area contributed by atoms with Crippen LogP contribution in [0.15, 0.2) is 18.2 Å². The minimum atomic E-state index is 0.0398. The van der Waals surface area contributed by atoms with Crippen molar-refractivity contribution in [2.45, 2.75) is 45.6 Å². The number of likely N-dealkylation sites (tertiary alicyclic amines) is 2. The van der Waals surface area contributed by atoms with Crippen molar-refractivity contribution in [1.29, 1.82) is 0 Å². The smallest absolute Gasteiger partial charge is 0.321 e. The predicted molar refractivity (Wildman–Crippen MR) is 90.3 cm³/mol. The van der Waals surface area contributed by atoms with Gasteiger partial charge in [0.2, 0.25) is 0 Å². The third-order valence-corrected chi connectivity index (χ3v) is 4.93. The Morgan fingerprint density at radius 2 is 1.77 bits per heavy atom.